The lowest BCUT2D eigenvalue weighted by Gasteiger charge is -2.11. The molecule has 0 saturated heterocycles. The number of hydrogen-bond acceptors (Lipinski definition) is 4. The smallest absolute Gasteiger partial charge is 0.358 e. The van der Waals surface area contributed by atoms with Gasteiger partial charge in [0.2, 0.25) is 0 Å². The monoisotopic (exact) mass is 391 g/mol. The highest BCUT2D eigenvalue weighted by atomic mass is 127. The predicted octanol–water partition coefficient (Wildman–Crippen LogP) is 3.68. The van der Waals surface area contributed by atoms with Gasteiger partial charge in [0.1, 0.15) is 0 Å². The van der Waals surface area contributed by atoms with E-state index >= 15 is 0 Å². The number of nitrogens with one attached hydrogen (secondary N) is 1. The molecule has 3 rings (SSSR count). The first-order valence-electron chi connectivity index (χ1n) is 6.16. The molecule has 0 saturated carbocycles. The number of anilines is 2. The number of hydrogen-bond donors (Lipinski definition) is 2. The van der Waals surface area contributed by atoms with Crippen molar-refractivity contribution < 1.29 is 9.90 Å². The minimum atomic E-state index is -1.11. The highest BCUT2D eigenvalue weighted by Crippen LogP contribution is 2.27. The van der Waals surface area contributed by atoms with Crippen LogP contribution < -0.4 is 5.32 Å². The minimum absolute atomic E-state index is 0.0905. The molecule has 1 aromatic heterocycles. The highest BCUT2D eigenvalue weighted by Gasteiger charge is 2.16. The van der Waals surface area contributed by atoms with E-state index in [0.717, 1.165) is 14.6 Å². The van der Waals surface area contributed by atoms with Crippen LogP contribution in [0.25, 0.3) is 10.9 Å². The summed E-state index contributed by atoms with van der Waals surface area (Å²) >= 11 is 2.21. The molecular formula is C15H10IN3O2. The van der Waals surface area contributed by atoms with Gasteiger partial charge in [0.05, 0.1) is 11.2 Å². The zero-order valence-electron chi connectivity index (χ0n) is 10.7. The summed E-state index contributed by atoms with van der Waals surface area (Å²) in [4.78, 5) is 11.4. The number of aromatic carboxylic acids is 1. The summed E-state index contributed by atoms with van der Waals surface area (Å²) in [6, 6.07) is 15.0. The zero-order valence-corrected chi connectivity index (χ0v) is 12.9. The predicted molar refractivity (Wildman–Crippen MR) is 88.9 cm³/mol. The van der Waals surface area contributed by atoms with Crippen molar-refractivity contribution in [2.45, 2.75) is 0 Å². The molecule has 104 valence electrons. The van der Waals surface area contributed by atoms with Crippen molar-refractivity contribution >= 4 is 50.8 Å². The van der Waals surface area contributed by atoms with Gasteiger partial charge in [0.15, 0.2) is 5.69 Å². The number of halogens is 1. The Hall–Kier alpha value is -2.22. The topological polar surface area (TPSA) is 75.1 Å². The average molecular weight is 391 g/mol. The van der Waals surface area contributed by atoms with Crippen LogP contribution in [0.5, 0.6) is 0 Å². The molecule has 21 heavy (non-hydrogen) atoms. The normalized spacial score (nSPS) is 10.5. The molecular weight excluding hydrogens is 381 g/mol. The fraction of sp³-hybridized carbons (Fsp3) is 0. The summed E-state index contributed by atoms with van der Waals surface area (Å²) in [5.74, 6) is -1.11. The zero-order chi connectivity index (χ0) is 14.8. The van der Waals surface area contributed by atoms with E-state index in [9.17, 15) is 9.90 Å². The molecule has 2 N–H and O–H groups in total. The van der Waals surface area contributed by atoms with Gasteiger partial charge in [-0.1, -0.05) is 18.2 Å². The number of fused-ring (bicyclic) bond motifs is 1. The van der Waals surface area contributed by atoms with E-state index in [2.05, 4.69) is 38.1 Å². The van der Waals surface area contributed by atoms with Crippen LogP contribution in [-0.4, -0.2) is 21.3 Å². The number of carbonyl (C=O) groups is 1. The molecule has 0 amide bonds. The summed E-state index contributed by atoms with van der Waals surface area (Å²) in [6.07, 6.45) is 0. The Morgan fingerprint density at radius 3 is 2.48 bits per heavy atom. The summed E-state index contributed by atoms with van der Waals surface area (Å²) in [6.45, 7) is 0. The summed E-state index contributed by atoms with van der Waals surface area (Å²) < 4.78 is 1.11. The van der Waals surface area contributed by atoms with Crippen molar-refractivity contribution in [2.24, 2.45) is 0 Å². The van der Waals surface area contributed by atoms with Gasteiger partial charge < -0.3 is 10.4 Å². The van der Waals surface area contributed by atoms with Crippen molar-refractivity contribution in [3.8, 4) is 0 Å². The second-order valence-corrected chi connectivity index (χ2v) is 5.62. The third-order valence-corrected chi connectivity index (χ3v) is 3.70. The maximum Gasteiger partial charge on any atom is 0.358 e. The number of benzene rings is 2. The molecule has 6 heteroatoms. The quantitative estimate of drug-likeness (QED) is 0.667. The number of aromatic nitrogens is 2. The van der Waals surface area contributed by atoms with Crippen LogP contribution in [-0.2, 0) is 0 Å². The molecule has 0 fully saturated rings. The summed E-state index contributed by atoms with van der Waals surface area (Å²) in [5, 5.41) is 20.9. The Morgan fingerprint density at radius 2 is 1.76 bits per heavy atom. The first-order chi connectivity index (χ1) is 10.1. The van der Waals surface area contributed by atoms with Gasteiger partial charge >= 0.3 is 5.97 Å². The SMILES string of the molecule is O=C(O)c1nnc2ccccc2c1Nc1ccc(I)cc1. The minimum Gasteiger partial charge on any atom is -0.476 e. The van der Waals surface area contributed by atoms with Crippen LogP contribution in [0.15, 0.2) is 48.5 Å². The summed E-state index contributed by atoms with van der Waals surface area (Å²) in [5.41, 5.74) is 1.81. The Kier molecular flexibility index (Phi) is 3.70. The number of rotatable bonds is 3. The van der Waals surface area contributed by atoms with Crippen molar-refractivity contribution in [1.82, 2.24) is 10.2 Å². The maximum absolute atomic E-state index is 11.4. The molecule has 3 aromatic rings. The molecule has 2 aromatic carbocycles. The van der Waals surface area contributed by atoms with E-state index in [1.807, 2.05) is 42.5 Å². The van der Waals surface area contributed by atoms with E-state index in [1.165, 1.54) is 0 Å². The molecule has 0 spiro atoms. The lowest BCUT2D eigenvalue weighted by Crippen LogP contribution is -2.08. The van der Waals surface area contributed by atoms with Crippen LogP contribution in [0.1, 0.15) is 10.5 Å². The van der Waals surface area contributed by atoms with Crippen molar-refractivity contribution in [1.29, 1.82) is 0 Å². The third-order valence-electron chi connectivity index (χ3n) is 2.98. The number of carboxylic acid groups (broad SMARTS) is 1. The van der Waals surface area contributed by atoms with Gasteiger partial charge in [0, 0.05) is 14.6 Å². The van der Waals surface area contributed by atoms with Gasteiger partial charge in [-0.2, -0.15) is 0 Å². The van der Waals surface area contributed by atoms with Gasteiger partial charge in [0.25, 0.3) is 0 Å². The van der Waals surface area contributed by atoms with E-state index in [0.29, 0.717) is 11.2 Å². The second-order valence-electron chi connectivity index (χ2n) is 4.38. The van der Waals surface area contributed by atoms with E-state index in [-0.39, 0.29) is 5.69 Å². The molecule has 1 heterocycles. The Labute approximate surface area is 134 Å². The molecule has 0 aliphatic heterocycles. The van der Waals surface area contributed by atoms with Crippen LogP contribution in [0.4, 0.5) is 11.4 Å². The van der Waals surface area contributed by atoms with Gasteiger partial charge in [-0.25, -0.2) is 4.79 Å². The fourth-order valence-electron chi connectivity index (χ4n) is 2.01. The molecule has 0 aliphatic rings. The van der Waals surface area contributed by atoms with Crippen molar-refractivity contribution in [3.05, 3.63) is 57.8 Å². The molecule has 0 aliphatic carbocycles. The lowest BCUT2D eigenvalue weighted by atomic mass is 10.1. The van der Waals surface area contributed by atoms with E-state index < -0.39 is 5.97 Å². The summed E-state index contributed by atoms with van der Waals surface area (Å²) in [7, 11) is 0. The van der Waals surface area contributed by atoms with Gasteiger partial charge in [-0.15, -0.1) is 10.2 Å². The van der Waals surface area contributed by atoms with Crippen LogP contribution in [0.3, 0.4) is 0 Å². The third kappa shape index (κ3) is 2.80. The van der Waals surface area contributed by atoms with Crippen molar-refractivity contribution in [3.63, 3.8) is 0 Å². The van der Waals surface area contributed by atoms with Crippen LogP contribution in [0.2, 0.25) is 0 Å². The molecule has 5 nitrogen and oxygen atoms in total. The average Bonchev–Trinajstić information content (AvgIpc) is 2.49. The first kappa shape index (κ1) is 13.7. The Bertz CT molecular complexity index is 819. The molecule has 0 radical (unpaired) electrons. The van der Waals surface area contributed by atoms with Crippen LogP contribution >= 0.6 is 22.6 Å². The lowest BCUT2D eigenvalue weighted by molar-refractivity contribution is 0.0690. The fourth-order valence-corrected chi connectivity index (χ4v) is 2.37. The number of carboxylic acids is 1. The highest BCUT2D eigenvalue weighted by molar-refractivity contribution is 14.1. The molecule has 0 unspecified atom stereocenters. The van der Waals surface area contributed by atoms with Gasteiger partial charge in [-0.05, 0) is 52.9 Å². The maximum atomic E-state index is 11.4. The number of nitrogens with zero attached hydrogens (tertiary/aromatic N) is 2. The van der Waals surface area contributed by atoms with E-state index in [1.54, 1.807) is 6.07 Å². The molecule has 0 bridgehead atoms. The van der Waals surface area contributed by atoms with Gasteiger partial charge in [-0.3, -0.25) is 0 Å². The van der Waals surface area contributed by atoms with Crippen molar-refractivity contribution in [2.75, 3.05) is 5.32 Å². The second kappa shape index (κ2) is 5.65. The largest absolute Gasteiger partial charge is 0.476 e. The molecule has 0 atom stereocenters. The Morgan fingerprint density at radius 1 is 1.05 bits per heavy atom. The Balaban J connectivity index is 2.16. The van der Waals surface area contributed by atoms with E-state index in [4.69, 9.17) is 0 Å². The van der Waals surface area contributed by atoms with Crippen LogP contribution in [0, 0.1) is 3.57 Å². The first-order valence-corrected chi connectivity index (χ1v) is 7.24. The standard InChI is InChI=1S/C15H10IN3O2/c16-9-5-7-10(8-6-9)17-13-11-3-1-2-4-12(11)18-19-14(13)15(20)21/h1-8H,(H,17,18)(H,20,21).